The number of allylic oxidation sites excluding steroid dienone is 10. The topological polar surface area (TPSA) is 50.5 Å². The molecule has 0 atom stereocenters. The second-order valence-electron chi connectivity index (χ2n) is 15.4. The van der Waals surface area contributed by atoms with E-state index < -0.39 is 0 Å². The van der Waals surface area contributed by atoms with Crippen molar-refractivity contribution in [2.45, 2.75) is 14.9 Å². The molecule has 4 aromatic carbocycles. The Morgan fingerprint density at radius 2 is 0.516 bits per heavy atom. The Balaban J connectivity index is 0. The average Bonchev–Trinajstić information content (AvgIpc) is 3.19. The minimum absolute atomic E-state index is 0. The summed E-state index contributed by atoms with van der Waals surface area (Å²) in [5, 5.41) is 0. The van der Waals surface area contributed by atoms with Gasteiger partial charge in [0.05, 0.1) is 0 Å². The first kappa shape index (κ1) is 60.1. The predicted octanol–water partition coefficient (Wildman–Crippen LogP) is 0.379. The third kappa shape index (κ3) is 15.7. The van der Waals surface area contributed by atoms with Crippen LogP contribution in [0.5, 0.6) is 0 Å². The van der Waals surface area contributed by atoms with Crippen LogP contribution in [0.15, 0.2) is 157 Å². The van der Waals surface area contributed by atoms with E-state index in [1.165, 1.54) is 78.7 Å². The van der Waals surface area contributed by atoms with Crippen molar-refractivity contribution in [3.05, 3.63) is 179 Å². The van der Waals surface area contributed by atoms with Crippen LogP contribution in [-0.2, 0) is 0 Å². The maximum atomic E-state index is 2.21. The number of halogens is 2. The molecule has 0 saturated heterocycles. The first-order valence-electron chi connectivity index (χ1n) is 19.1. The van der Waals surface area contributed by atoms with Gasteiger partial charge in [0.15, 0.2) is 11.4 Å². The van der Waals surface area contributed by atoms with Gasteiger partial charge in [-0.05, 0) is 117 Å². The fourth-order valence-electron chi connectivity index (χ4n) is 6.56. The van der Waals surface area contributed by atoms with E-state index in [1.807, 2.05) is 0 Å². The van der Waals surface area contributed by atoms with Gasteiger partial charge < -0.3 is 49.9 Å². The molecule has 4 aromatic rings. The summed E-state index contributed by atoms with van der Waals surface area (Å²) in [6.45, 7) is 0. The van der Waals surface area contributed by atoms with Crippen LogP contribution in [0.1, 0.15) is 37.1 Å². The molecular weight excluding hydrogens is 835 g/mol. The Kier molecular flexibility index (Phi) is 27.1. The Hall–Kier alpha value is -3.96. The summed E-state index contributed by atoms with van der Waals surface area (Å²) in [7, 11) is 24.8. The van der Waals surface area contributed by atoms with E-state index in [-0.39, 0.29) is 96.5 Å². The quantitative estimate of drug-likeness (QED) is 0.190. The van der Waals surface area contributed by atoms with Crippen LogP contribution in [0.3, 0.4) is 0 Å². The van der Waals surface area contributed by atoms with Crippen LogP contribution in [0.25, 0.3) is 11.1 Å². The van der Waals surface area contributed by atoms with Crippen LogP contribution in [0, 0.1) is 0 Å². The van der Waals surface area contributed by atoms with Crippen molar-refractivity contribution < 1.29 is 90.8 Å². The maximum Gasteiger partial charge on any atom is 1.00 e. The van der Waals surface area contributed by atoms with Crippen LogP contribution in [0.4, 0.5) is 22.7 Å². The zero-order valence-corrected chi connectivity index (χ0v) is 42.4. The SMILES string of the molecule is C.C.CN(C)c1ccc(C(=C2C=CC(=[N+](C)C)C=C2)c2ccc(N(C)C)cc2)cc1.CN(C)c1ccc(C(=C2C=CC(=[N+](C)C)C=C2)c2ccc(N(C)C)cc2)cc1.O.[Cl-].[Cl-].[K+]. The molecule has 0 aliphatic heterocycles. The first-order chi connectivity index (χ1) is 26.7. The zero-order chi connectivity index (χ0) is 40.5. The Bertz CT molecular complexity index is 1950. The summed E-state index contributed by atoms with van der Waals surface area (Å²) in [4.78, 5) is 8.50. The molecule has 0 unspecified atom stereocenters. The van der Waals surface area contributed by atoms with Crippen molar-refractivity contribution in [2.24, 2.45) is 0 Å². The third-order valence-electron chi connectivity index (χ3n) is 10.0. The van der Waals surface area contributed by atoms with Crippen molar-refractivity contribution in [2.75, 3.05) is 104 Å². The number of hydrogen-bond donors (Lipinski definition) is 0. The van der Waals surface area contributed by atoms with Gasteiger partial charge in [-0.15, -0.1) is 0 Å². The molecule has 7 nitrogen and oxygen atoms in total. The Labute approximate surface area is 430 Å². The largest absolute Gasteiger partial charge is 1.00 e. The summed E-state index contributed by atoms with van der Waals surface area (Å²) in [6.07, 6.45) is 17.6. The fourth-order valence-corrected chi connectivity index (χ4v) is 6.56. The molecule has 0 amide bonds. The van der Waals surface area contributed by atoms with Gasteiger partial charge in [0, 0.05) is 103 Å². The first-order valence-corrected chi connectivity index (χ1v) is 19.1. The molecule has 0 saturated carbocycles. The molecule has 0 bridgehead atoms. The molecule has 6 rings (SSSR count). The molecular formula is C52H70Cl2KN6O+. The molecule has 2 aliphatic carbocycles. The summed E-state index contributed by atoms with van der Waals surface area (Å²) in [5.74, 6) is 0. The molecule has 0 fully saturated rings. The zero-order valence-electron chi connectivity index (χ0n) is 37.8. The predicted molar refractivity (Wildman–Crippen MR) is 263 cm³/mol. The summed E-state index contributed by atoms with van der Waals surface area (Å²) >= 11 is 0. The van der Waals surface area contributed by atoms with E-state index in [4.69, 9.17) is 0 Å². The number of nitrogens with zero attached hydrogens (tertiary/aromatic N) is 6. The standard InChI is InChI=1S/2C25H30N3.2CH4.2ClH.K.H2O/c2*1-26(2)22-13-7-19(8-14-22)25(20-9-15-23(16-10-20)27(3)4)21-11-17-24(18-12-21)28(5)6;;;;;;/h2*7-18H,1-6H3;2*1H4;2*1H;;1H2/q2*+1;;;;;+1;/p-2. The Morgan fingerprint density at radius 1 is 0.339 bits per heavy atom. The third-order valence-corrected chi connectivity index (χ3v) is 10.0. The molecule has 0 radical (unpaired) electrons. The molecule has 2 aliphatic rings. The molecule has 0 aromatic heterocycles. The molecule has 62 heavy (non-hydrogen) atoms. The second-order valence-corrected chi connectivity index (χ2v) is 15.4. The normalized spacial score (nSPS) is 11.7. The van der Waals surface area contributed by atoms with E-state index in [0.717, 1.165) is 0 Å². The smallest absolute Gasteiger partial charge is 1.00 e. The van der Waals surface area contributed by atoms with E-state index in [9.17, 15) is 0 Å². The number of rotatable bonds is 8. The van der Waals surface area contributed by atoms with Gasteiger partial charge in [-0.25, -0.2) is 9.15 Å². The molecule has 328 valence electrons. The van der Waals surface area contributed by atoms with Gasteiger partial charge in [0.25, 0.3) is 0 Å². The van der Waals surface area contributed by atoms with Gasteiger partial charge in [-0.3, -0.25) is 0 Å². The van der Waals surface area contributed by atoms with Gasteiger partial charge >= 0.3 is 51.4 Å². The van der Waals surface area contributed by atoms with Crippen LogP contribution < -0.4 is 95.8 Å². The minimum Gasteiger partial charge on any atom is -1.00 e. The van der Waals surface area contributed by atoms with E-state index >= 15 is 0 Å². The number of benzene rings is 4. The average molecular weight is 905 g/mol. The van der Waals surface area contributed by atoms with Crippen LogP contribution in [0.2, 0.25) is 0 Å². The monoisotopic (exact) mass is 903 g/mol. The molecule has 2 N–H and O–H groups in total. The fraction of sp³-hybridized carbons (Fsp3) is 0.269. The second kappa shape index (κ2) is 28.0. The summed E-state index contributed by atoms with van der Waals surface area (Å²) in [5.41, 5.74) is 17.1. The minimum atomic E-state index is 0. The van der Waals surface area contributed by atoms with Crippen molar-refractivity contribution >= 4 is 45.3 Å². The van der Waals surface area contributed by atoms with Crippen molar-refractivity contribution in [3.8, 4) is 0 Å². The van der Waals surface area contributed by atoms with Crippen molar-refractivity contribution in [1.82, 2.24) is 0 Å². The summed E-state index contributed by atoms with van der Waals surface area (Å²) < 4.78 is 4.25. The van der Waals surface area contributed by atoms with E-state index in [0.29, 0.717) is 0 Å². The van der Waals surface area contributed by atoms with Gasteiger partial charge in [0.1, 0.15) is 28.2 Å². The van der Waals surface area contributed by atoms with Crippen molar-refractivity contribution in [3.63, 3.8) is 0 Å². The van der Waals surface area contributed by atoms with Gasteiger partial charge in [0.2, 0.25) is 0 Å². The molecule has 0 heterocycles. The summed E-state index contributed by atoms with van der Waals surface area (Å²) in [6, 6.07) is 35.1. The van der Waals surface area contributed by atoms with E-state index in [1.54, 1.807) is 0 Å². The Morgan fingerprint density at radius 3 is 0.661 bits per heavy atom. The van der Waals surface area contributed by atoms with Gasteiger partial charge in [-0.2, -0.15) is 0 Å². The molecule has 10 heteroatoms. The van der Waals surface area contributed by atoms with Gasteiger partial charge in [-0.1, -0.05) is 63.4 Å². The van der Waals surface area contributed by atoms with E-state index in [2.05, 4.69) is 259 Å². The maximum absolute atomic E-state index is 2.21. The van der Waals surface area contributed by atoms with Crippen molar-refractivity contribution in [1.29, 1.82) is 0 Å². The number of hydrogen-bond acceptors (Lipinski definition) is 4. The number of anilines is 4. The van der Waals surface area contributed by atoms with Crippen LogP contribution >= 0.6 is 0 Å². The van der Waals surface area contributed by atoms with Crippen LogP contribution in [-0.4, -0.2) is 111 Å². The molecule has 0 spiro atoms.